The molecule has 19 heavy (non-hydrogen) atoms. The minimum absolute atomic E-state index is 0.298. The highest BCUT2D eigenvalue weighted by Gasteiger charge is 2.16. The minimum atomic E-state index is 0.298. The fraction of sp³-hybridized carbons (Fsp3) is 0.0833. The molecular formula is C12H9BrN4O2. The number of pyridine rings is 1. The van der Waals surface area contributed by atoms with Crippen molar-refractivity contribution in [2.45, 2.75) is 6.54 Å². The van der Waals surface area contributed by atoms with Crippen molar-refractivity contribution < 1.29 is 8.94 Å². The zero-order chi connectivity index (χ0) is 13.2. The molecule has 0 bridgehead atoms. The Balaban J connectivity index is 1.97. The van der Waals surface area contributed by atoms with Gasteiger partial charge in [-0.2, -0.15) is 4.98 Å². The summed E-state index contributed by atoms with van der Waals surface area (Å²) in [5.41, 5.74) is 6.09. The van der Waals surface area contributed by atoms with E-state index in [0.29, 0.717) is 35.5 Å². The SMILES string of the molecule is NCc1ccc(-c2nc(-c3ncccc3Br)no2)o1. The Morgan fingerprint density at radius 3 is 2.89 bits per heavy atom. The molecule has 3 aromatic heterocycles. The van der Waals surface area contributed by atoms with E-state index in [-0.39, 0.29) is 0 Å². The van der Waals surface area contributed by atoms with Gasteiger partial charge < -0.3 is 14.7 Å². The van der Waals surface area contributed by atoms with Crippen LogP contribution in [0.5, 0.6) is 0 Å². The van der Waals surface area contributed by atoms with Crippen LogP contribution in [0.15, 0.2) is 43.9 Å². The molecule has 0 aliphatic heterocycles. The van der Waals surface area contributed by atoms with Crippen LogP contribution in [0, 0.1) is 0 Å². The van der Waals surface area contributed by atoms with E-state index in [1.165, 1.54) is 0 Å². The molecule has 0 fully saturated rings. The van der Waals surface area contributed by atoms with Crippen molar-refractivity contribution >= 4 is 15.9 Å². The molecule has 2 N–H and O–H groups in total. The Labute approximate surface area is 116 Å². The number of rotatable bonds is 3. The van der Waals surface area contributed by atoms with E-state index >= 15 is 0 Å². The highest BCUT2D eigenvalue weighted by molar-refractivity contribution is 9.10. The molecule has 3 heterocycles. The highest BCUT2D eigenvalue weighted by atomic mass is 79.9. The molecule has 0 unspecified atom stereocenters. The van der Waals surface area contributed by atoms with Crippen LogP contribution in [0.1, 0.15) is 5.76 Å². The summed E-state index contributed by atoms with van der Waals surface area (Å²) < 4.78 is 11.4. The fourth-order valence-corrected chi connectivity index (χ4v) is 2.00. The molecule has 0 amide bonds. The van der Waals surface area contributed by atoms with E-state index in [2.05, 4.69) is 31.1 Å². The maximum Gasteiger partial charge on any atom is 0.293 e. The average molecular weight is 321 g/mol. The van der Waals surface area contributed by atoms with Gasteiger partial charge in [0, 0.05) is 10.7 Å². The van der Waals surface area contributed by atoms with Gasteiger partial charge in [-0.05, 0) is 40.2 Å². The average Bonchev–Trinajstić information content (AvgIpc) is 3.08. The zero-order valence-corrected chi connectivity index (χ0v) is 11.3. The van der Waals surface area contributed by atoms with Gasteiger partial charge >= 0.3 is 0 Å². The maximum atomic E-state index is 5.48. The lowest BCUT2D eigenvalue weighted by atomic mass is 10.3. The van der Waals surface area contributed by atoms with Crippen molar-refractivity contribution in [3.8, 4) is 23.2 Å². The number of aromatic nitrogens is 3. The largest absolute Gasteiger partial charge is 0.455 e. The van der Waals surface area contributed by atoms with Gasteiger partial charge in [-0.3, -0.25) is 4.98 Å². The molecule has 0 aliphatic carbocycles. The monoisotopic (exact) mass is 320 g/mol. The predicted octanol–water partition coefficient (Wildman–Crippen LogP) is 2.61. The van der Waals surface area contributed by atoms with Crippen LogP contribution in [0.2, 0.25) is 0 Å². The molecule has 0 aromatic carbocycles. The fourth-order valence-electron chi connectivity index (χ4n) is 1.57. The molecule has 0 saturated heterocycles. The van der Waals surface area contributed by atoms with Crippen molar-refractivity contribution in [1.82, 2.24) is 15.1 Å². The minimum Gasteiger partial charge on any atom is -0.455 e. The van der Waals surface area contributed by atoms with E-state index in [9.17, 15) is 0 Å². The van der Waals surface area contributed by atoms with Gasteiger partial charge in [-0.15, -0.1) is 0 Å². The number of hydrogen-bond donors (Lipinski definition) is 1. The third-order valence-electron chi connectivity index (χ3n) is 2.47. The first-order chi connectivity index (χ1) is 9.28. The summed E-state index contributed by atoms with van der Waals surface area (Å²) in [5, 5.41) is 3.89. The number of halogens is 1. The molecule has 6 nitrogen and oxygen atoms in total. The van der Waals surface area contributed by atoms with E-state index in [0.717, 1.165) is 4.47 Å². The summed E-state index contributed by atoms with van der Waals surface area (Å²) in [6.07, 6.45) is 1.66. The molecule has 0 spiro atoms. The normalized spacial score (nSPS) is 10.8. The molecule has 0 aliphatic rings. The van der Waals surface area contributed by atoms with Gasteiger partial charge in [-0.1, -0.05) is 5.16 Å². The second-order valence-electron chi connectivity index (χ2n) is 3.73. The molecule has 0 radical (unpaired) electrons. The van der Waals surface area contributed by atoms with Crippen LogP contribution in [-0.2, 0) is 6.54 Å². The van der Waals surface area contributed by atoms with Crippen molar-refractivity contribution in [2.24, 2.45) is 5.73 Å². The van der Waals surface area contributed by atoms with Crippen molar-refractivity contribution in [3.63, 3.8) is 0 Å². The lowest BCUT2D eigenvalue weighted by Crippen LogP contribution is -1.92. The van der Waals surface area contributed by atoms with Crippen molar-refractivity contribution in [3.05, 3.63) is 40.7 Å². The summed E-state index contributed by atoms with van der Waals surface area (Å²) in [5.74, 6) is 1.85. The van der Waals surface area contributed by atoms with Crippen LogP contribution in [0.3, 0.4) is 0 Å². The first kappa shape index (κ1) is 12.1. The molecule has 7 heteroatoms. The number of hydrogen-bond acceptors (Lipinski definition) is 6. The van der Waals surface area contributed by atoms with E-state index < -0.39 is 0 Å². The molecule has 3 aromatic rings. The standard InChI is InChI=1S/C12H9BrN4O2/c13-8-2-1-5-15-10(8)11-16-12(19-17-11)9-4-3-7(6-14)18-9/h1-5H,6,14H2. The van der Waals surface area contributed by atoms with E-state index in [1.54, 1.807) is 18.3 Å². The second-order valence-corrected chi connectivity index (χ2v) is 4.58. The summed E-state index contributed by atoms with van der Waals surface area (Å²) >= 11 is 3.39. The molecule has 0 atom stereocenters. The van der Waals surface area contributed by atoms with E-state index in [1.807, 2.05) is 12.1 Å². The first-order valence-electron chi connectivity index (χ1n) is 5.51. The third-order valence-corrected chi connectivity index (χ3v) is 3.11. The van der Waals surface area contributed by atoms with Gasteiger partial charge in [0.15, 0.2) is 5.76 Å². The Morgan fingerprint density at radius 2 is 2.16 bits per heavy atom. The van der Waals surface area contributed by atoms with Gasteiger partial charge in [0.05, 0.1) is 6.54 Å². The van der Waals surface area contributed by atoms with Crippen LogP contribution < -0.4 is 5.73 Å². The quantitative estimate of drug-likeness (QED) is 0.797. The van der Waals surface area contributed by atoms with Crippen LogP contribution in [0.4, 0.5) is 0 Å². The van der Waals surface area contributed by atoms with Gasteiger partial charge in [-0.25, -0.2) is 0 Å². The van der Waals surface area contributed by atoms with Crippen LogP contribution >= 0.6 is 15.9 Å². The maximum absolute atomic E-state index is 5.48. The van der Waals surface area contributed by atoms with Gasteiger partial charge in [0.2, 0.25) is 5.82 Å². The molecule has 96 valence electrons. The Kier molecular flexibility index (Phi) is 3.14. The van der Waals surface area contributed by atoms with Gasteiger partial charge in [0.25, 0.3) is 5.89 Å². The topological polar surface area (TPSA) is 91.0 Å². The lowest BCUT2D eigenvalue weighted by Gasteiger charge is -1.94. The summed E-state index contributed by atoms with van der Waals surface area (Å²) in [7, 11) is 0. The Hall–Kier alpha value is -1.99. The highest BCUT2D eigenvalue weighted by Crippen LogP contribution is 2.26. The summed E-state index contributed by atoms with van der Waals surface area (Å²) in [6.45, 7) is 0.326. The van der Waals surface area contributed by atoms with Crippen molar-refractivity contribution in [1.29, 1.82) is 0 Å². The van der Waals surface area contributed by atoms with E-state index in [4.69, 9.17) is 14.7 Å². The Morgan fingerprint density at radius 1 is 1.26 bits per heavy atom. The predicted molar refractivity (Wildman–Crippen MR) is 70.8 cm³/mol. The molecule has 3 rings (SSSR count). The summed E-state index contributed by atoms with van der Waals surface area (Å²) in [4.78, 5) is 8.45. The number of nitrogens with two attached hydrogens (primary N) is 1. The van der Waals surface area contributed by atoms with Gasteiger partial charge in [0.1, 0.15) is 11.5 Å². The lowest BCUT2D eigenvalue weighted by molar-refractivity contribution is 0.412. The smallest absolute Gasteiger partial charge is 0.293 e. The number of furan rings is 1. The molecular weight excluding hydrogens is 312 g/mol. The first-order valence-corrected chi connectivity index (χ1v) is 6.31. The molecule has 0 saturated carbocycles. The third kappa shape index (κ3) is 2.29. The van der Waals surface area contributed by atoms with Crippen LogP contribution in [0.25, 0.3) is 23.2 Å². The zero-order valence-electron chi connectivity index (χ0n) is 9.71. The second kappa shape index (κ2) is 4.94. The summed E-state index contributed by atoms with van der Waals surface area (Å²) in [6, 6.07) is 7.19. The van der Waals surface area contributed by atoms with Crippen molar-refractivity contribution in [2.75, 3.05) is 0 Å². The number of nitrogens with zero attached hydrogens (tertiary/aromatic N) is 3. The Bertz CT molecular complexity index is 707. The van der Waals surface area contributed by atoms with Crippen LogP contribution in [-0.4, -0.2) is 15.1 Å².